The van der Waals surface area contributed by atoms with E-state index in [9.17, 15) is 14.4 Å². The number of piperazine rings is 1. The Balaban J connectivity index is 3.14. The Labute approximate surface area is 123 Å². The third-order valence-electron chi connectivity index (χ3n) is 3.60. The molecule has 1 aliphatic heterocycles. The molecule has 3 amide bonds. The predicted octanol–water partition coefficient (Wildman–Crippen LogP) is -0.196. The zero-order valence-corrected chi connectivity index (χ0v) is 12.4. The van der Waals surface area contributed by atoms with Gasteiger partial charge < -0.3 is 15.8 Å². The topological polar surface area (TPSA) is 125 Å². The fourth-order valence-corrected chi connectivity index (χ4v) is 2.74. The number of carbonyl (C=O) groups excluding carboxylic acids is 3. The molecule has 0 saturated carbocycles. The average molecular weight is 298 g/mol. The fourth-order valence-electron chi connectivity index (χ4n) is 2.74. The van der Waals surface area contributed by atoms with Gasteiger partial charge in [0.15, 0.2) is 5.84 Å². The van der Waals surface area contributed by atoms with E-state index in [1.165, 1.54) is 4.90 Å². The number of carbonyl (C=O) groups is 3. The molecule has 0 spiro atoms. The van der Waals surface area contributed by atoms with E-state index in [1.54, 1.807) is 0 Å². The molecule has 8 heteroatoms. The molecule has 8 nitrogen and oxygen atoms in total. The van der Waals surface area contributed by atoms with Crippen LogP contribution in [0.15, 0.2) is 5.16 Å². The summed E-state index contributed by atoms with van der Waals surface area (Å²) in [4.78, 5) is 36.9. The summed E-state index contributed by atoms with van der Waals surface area (Å²) in [7, 11) is 0. The van der Waals surface area contributed by atoms with Gasteiger partial charge in [-0.25, -0.2) is 0 Å². The van der Waals surface area contributed by atoms with Crippen LogP contribution in [-0.2, 0) is 14.4 Å². The minimum Gasteiger partial charge on any atom is -0.409 e. The summed E-state index contributed by atoms with van der Waals surface area (Å²) in [6.07, 6.45) is 2.08. The molecule has 1 rings (SSSR count). The lowest BCUT2D eigenvalue weighted by Crippen LogP contribution is -2.59. The number of oxime groups is 1. The highest BCUT2D eigenvalue weighted by atomic mass is 16.4. The summed E-state index contributed by atoms with van der Waals surface area (Å²) in [5.74, 6) is -1.67. The standard InChI is InChI=1S/C13H22N4O4/c1-3-5-13(6-4-2,11(14)16-21)12(20)17-7-9(18)15-10(19)8-17/h21H,3-8H2,1-2H3,(H2,14,16)(H,15,18,19). The predicted molar refractivity (Wildman–Crippen MR) is 75.4 cm³/mol. The van der Waals surface area contributed by atoms with E-state index >= 15 is 0 Å². The number of hydrogen-bond donors (Lipinski definition) is 3. The molecule has 1 aliphatic rings. The van der Waals surface area contributed by atoms with Crippen LogP contribution in [0.2, 0.25) is 0 Å². The van der Waals surface area contributed by atoms with Gasteiger partial charge in [-0.05, 0) is 12.8 Å². The van der Waals surface area contributed by atoms with Gasteiger partial charge in [0.05, 0.1) is 0 Å². The van der Waals surface area contributed by atoms with Gasteiger partial charge in [-0.1, -0.05) is 31.8 Å². The molecule has 4 N–H and O–H groups in total. The molecule has 0 unspecified atom stereocenters. The highest BCUT2D eigenvalue weighted by Crippen LogP contribution is 2.33. The normalized spacial score (nSPS) is 16.9. The number of nitrogens with one attached hydrogen (secondary N) is 1. The van der Waals surface area contributed by atoms with Crippen LogP contribution in [0.25, 0.3) is 0 Å². The Bertz CT molecular complexity index is 439. The number of nitrogens with zero attached hydrogens (tertiary/aromatic N) is 2. The van der Waals surface area contributed by atoms with E-state index in [1.807, 2.05) is 13.8 Å². The van der Waals surface area contributed by atoms with Crippen molar-refractivity contribution < 1.29 is 19.6 Å². The monoisotopic (exact) mass is 298 g/mol. The van der Waals surface area contributed by atoms with Crippen molar-refractivity contribution in [2.75, 3.05) is 13.1 Å². The van der Waals surface area contributed by atoms with E-state index in [2.05, 4.69) is 10.5 Å². The molecule has 0 radical (unpaired) electrons. The largest absolute Gasteiger partial charge is 0.409 e. The van der Waals surface area contributed by atoms with Crippen molar-refractivity contribution in [3.05, 3.63) is 0 Å². The summed E-state index contributed by atoms with van der Waals surface area (Å²) >= 11 is 0. The molecule has 0 aromatic rings. The highest BCUT2D eigenvalue weighted by Gasteiger charge is 2.45. The van der Waals surface area contributed by atoms with Crippen LogP contribution in [0, 0.1) is 5.41 Å². The number of imide groups is 1. The van der Waals surface area contributed by atoms with Gasteiger partial charge in [0.2, 0.25) is 17.7 Å². The lowest BCUT2D eigenvalue weighted by molar-refractivity contribution is -0.149. The molecule has 0 aliphatic carbocycles. The molecule has 21 heavy (non-hydrogen) atoms. The van der Waals surface area contributed by atoms with Crippen molar-refractivity contribution in [2.45, 2.75) is 39.5 Å². The molecule has 0 aromatic carbocycles. The zero-order valence-electron chi connectivity index (χ0n) is 12.4. The third kappa shape index (κ3) is 3.50. The molecule has 0 bridgehead atoms. The zero-order chi connectivity index (χ0) is 16.0. The maximum atomic E-state index is 12.8. The Morgan fingerprint density at radius 1 is 1.29 bits per heavy atom. The van der Waals surface area contributed by atoms with Gasteiger partial charge >= 0.3 is 0 Å². The molecule has 1 heterocycles. The van der Waals surface area contributed by atoms with Crippen molar-refractivity contribution in [1.29, 1.82) is 0 Å². The first-order valence-electron chi connectivity index (χ1n) is 7.01. The molecule has 0 atom stereocenters. The van der Waals surface area contributed by atoms with Crippen LogP contribution in [0.5, 0.6) is 0 Å². The van der Waals surface area contributed by atoms with Crippen LogP contribution in [0.3, 0.4) is 0 Å². The van der Waals surface area contributed by atoms with E-state index in [0.717, 1.165) is 0 Å². The Kier molecular flexibility index (Phi) is 5.69. The van der Waals surface area contributed by atoms with Crippen molar-refractivity contribution >= 4 is 23.6 Å². The lowest BCUT2D eigenvalue weighted by Gasteiger charge is -2.37. The van der Waals surface area contributed by atoms with Crippen molar-refractivity contribution in [1.82, 2.24) is 10.2 Å². The molecule has 0 aromatic heterocycles. The molecular formula is C13H22N4O4. The second-order valence-electron chi connectivity index (χ2n) is 5.20. The number of amidine groups is 1. The minimum absolute atomic E-state index is 0.172. The van der Waals surface area contributed by atoms with Crippen LogP contribution in [0.1, 0.15) is 39.5 Å². The molecular weight excluding hydrogens is 276 g/mol. The molecule has 118 valence electrons. The molecule has 1 saturated heterocycles. The Morgan fingerprint density at radius 3 is 2.14 bits per heavy atom. The summed E-state index contributed by atoms with van der Waals surface area (Å²) in [5, 5.41) is 14.2. The first-order chi connectivity index (χ1) is 9.91. The number of rotatable bonds is 6. The van der Waals surface area contributed by atoms with Gasteiger partial charge in [0.1, 0.15) is 18.5 Å². The third-order valence-corrected chi connectivity index (χ3v) is 3.60. The van der Waals surface area contributed by atoms with Crippen LogP contribution >= 0.6 is 0 Å². The summed E-state index contributed by atoms with van der Waals surface area (Å²) < 4.78 is 0. The van der Waals surface area contributed by atoms with Crippen LogP contribution in [0.4, 0.5) is 0 Å². The van der Waals surface area contributed by atoms with Gasteiger partial charge in [-0.2, -0.15) is 0 Å². The number of nitrogens with two attached hydrogens (primary N) is 1. The van der Waals surface area contributed by atoms with Crippen molar-refractivity contribution in [2.24, 2.45) is 16.3 Å². The minimum atomic E-state index is -1.17. The second-order valence-corrected chi connectivity index (χ2v) is 5.20. The average Bonchev–Trinajstić information content (AvgIpc) is 2.44. The highest BCUT2D eigenvalue weighted by molar-refractivity contribution is 6.10. The maximum Gasteiger partial charge on any atom is 0.246 e. The van der Waals surface area contributed by atoms with Crippen LogP contribution < -0.4 is 11.1 Å². The quantitative estimate of drug-likeness (QED) is 0.206. The smallest absolute Gasteiger partial charge is 0.246 e. The summed E-state index contributed by atoms with van der Waals surface area (Å²) in [6, 6.07) is 0. The summed E-state index contributed by atoms with van der Waals surface area (Å²) in [5.41, 5.74) is 4.60. The number of hydrogen-bond acceptors (Lipinski definition) is 5. The Morgan fingerprint density at radius 2 is 1.76 bits per heavy atom. The first-order valence-corrected chi connectivity index (χ1v) is 7.01. The van der Waals surface area contributed by atoms with E-state index in [0.29, 0.717) is 25.7 Å². The van der Waals surface area contributed by atoms with Crippen molar-refractivity contribution in [3.63, 3.8) is 0 Å². The fraction of sp³-hybridized carbons (Fsp3) is 0.692. The first kappa shape index (κ1) is 16.9. The van der Waals surface area contributed by atoms with Crippen LogP contribution in [-0.4, -0.2) is 46.8 Å². The van der Waals surface area contributed by atoms with E-state index in [4.69, 9.17) is 10.9 Å². The van der Waals surface area contributed by atoms with Gasteiger partial charge in [-0.15, -0.1) is 0 Å². The molecule has 1 fully saturated rings. The van der Waals surface area contributed by atoms with Gasteiger partial charge in [0, 0.05) is 0 Å². The van der Waals surface area contributed by atoms with Gasteiger partial charge in [0.25, 0.3) is 0 Å². The Hall–Kier alpha value is -2.12. The summed E-state index contributed by atoms with van der Waals surface area (Å²) in [6.45, 7) is 3.38. The SMILES string of the molecule is CCCC(CCC)(C(=O)N1CC(=O)NC(=O)C1)C(N)=NO. The maximum absolute atomic E-state index is 12.8. The second kappa shape index (κ2) is 7.05. The number of amides is 3. The van der Waals surface area contributed by atoms with Crippen molar-refractivity contribution in [3.8, 4) is 0 Å². The lowest BCUT2D eigenvalue weighted by atomic mass is 9.76. The van der Waals surface area contributed by atoms with Gasteiger partial charge in [-0.3, -0.25) is 19.7 Å². The van der Waals surface area contributed by atoms with E-state index < -0.39 is 23.1 Å². The van der Waals surface area contributed by atoms with E-state index in [-0.39, 0.29) is 18.9 Å².